The van der Waals surface area contributed by atoms with Crippen molar-refractivity contribution in [1.29, 1.82) is 0 Å². The highest BCUT2D eigenvalue weighted by atomic mass is 32.2. The number of amides is 4. The average molecular weight is 1280 g/mol. The van der Waals surface area contributed by atoms with Crippen molar-refractivity contribution >= 4 is 76.5 Å². The molecule has 11 nitrogen and oxygen atoms in total. The number of nitrogens with zero attached hydrogens (tertiary/aromatic N) is 1. The third-order valence-electron chi connectivity index (χ3n) is 14.6. The van der Waals surface area contributed by atoms with Gasteiger partial charge in [0.1, 0.15) is 11.6 Å². The number of Topliss-reactive ketones (excluding diaryl/α,β-unsaturated/α-hetero) is 2. The van der Waals surface area contributed by atoms with E-state index in [0.717, 1.165) is 70.6 Å². The van der Waals surface area contributed by atoms with Gasteiger partial charge in [-0.25, -0.2) is 0 Å². The highest BCUT2D eigenvalue weighted by molar-refractivity contribution is 8.02. The Kier molecular flexibility index (Phi) is 43.9. The second-order valence-corrected chi connectivity index (χ2v) is 38.6. The lowest BCUT2D eigenvalue weighted by molar-refractivity contribution is -0.148. The van der Waals surface area contributed by atoms with Crippen LogP contribution in [0.25, 0.3) is 0 Å². The summed E-state index contributed by atoms with van der Waals surface area (Å²) < 4.78 is 0.625. The summed E-state index contributed by atoms with van der Waals surface area (Å²) in [6, 6.07) is 0. The molecule has 1 fully saturated rings. The lowest BCUT2D eigenvalue weighted by atomic mass is 9.78. The number of ketones is 2. The fourth-order valence-corrected chi connectivity index (χ4v) is 13.4. The molecule has 1 aliphatic heterocycles. The van der Waals surface area contributed by atoms with Gasteiger partial charge in [0.05, 0.1) is 17.6 Å². The van der Waals surface area contributed by atoms with E-state index in [1.165, 1.54) is 17.1 Å². The van der Waals surface area contributed by atoms with E-state index in [9.17, 15) is 38.7 Å². The first kappa shape index (κ1) is 92.7. The van der Waals surface area contributed by atoms with Crippen molar-refractivity contribution in [3.8, 4) is 0 Å². The molecule has 14 heteroatoms. The topological polar surface area (TPSA) is 167 Å². The number of carbonyl (C=O) groups is 7. The zero-order valence-corrected chi connectivity index (χ0v) is 65.3. The molecule has 0 aromatic rings. The summed E-state index contributed by atoms with van der Waals surface area (Å²) in [5, 5.41) is 15.2. The molecule has 2 atom stereocenters. The Morgan fingerprint density at radius 1 is 0.547 bits per heavy atom. The van der Waals surface area contributed by atoms with E-state index in [1.54, 1.807) is 11.8 Å². The molecule has 0 aliphatic carbocycles. The minimum Gasteiger partial charge on any atom is -0.481 e. The lowest BCUT2D eigenvalue weighted by Crippen LogP contribution is -2.48. The zero-order chi connectivity index (χ0) is 69.5. The number of nitrogens with one attached hydrogen (secondary N) is 2. The summed E-state index contributed by atoms with van der Waals surface area (Å²) in [6.45, 7) is 68.6. The van der Waals surface area contributed by atoms with Crippen LogP contribution in [0.5, 0.6) is 0 Å². The van der Waals surface area contributed by atoms with Crippen molar-refractivity contribution < 1.29 is 38.7 Å². The highest BCUT2D eigenvalue weighted by Crippen LogP contribution is 2.41. The smallest absolute Gasteiger partial charge is 0.307 e. The van der Waals surface area contributed by atoms with Crippen molar-refractivity contribution in [2.24, 2.45) is 38.9 Å². The summed E-state index contributed by atoms with van der Waals surface area (Å²) >= 11 is 5.62. The first-order valence-electron chi connectivity index (χ1n) is 32.9. The number of thioether (sulfide) groups is 3. The van der Waals surface area contributed by atoms with Crippen LogP contribution in [0, 0.1) is 38.9 Å². The van der Waals surface area contributed by atoms with E-state index < -0.39 is 17.3 Å². The second-order valence-electron chi connectivity index (χ2n) is 33.3. The van der Waals surface area contributed by atoms with Gasteiger partial charge in [-0.05, 0) is 115 Å². The summed E-state index contributed by atoms with van der Waals surface area (Å²) in [7, 11) is 0. The van der Waals surface area contributed by atoms with Gasteiger partial charge in [0.25, 0.3) is 0 Å². The number of carboxylic acids is 1. The van der Waals surface area contributed by atoms with E-state index >= 15 is 0 Å². The Labute approximate surface area is 546 Å². The van der Waals surface area contributed by atoms with E-state index in [4.69, 9.17) is 0 Å². The number of imide groups is 1. The van der Waals surface area contributed by atoms with Crippen LogP contribution in [0.2, 0.25) is 0 Å². The normalized spacial score (nSPS) is 15.0. The number of likely N-dealkylation sites (tertiary alicyclic amines) is 1. The van der Waals surface area contributed by atoms with E-state index in [0.29, 0.717) is 36.6 Å². The molecule has 0 bridgehead atoms. The number of hydrogen-bond donors (Lipinski definition) is 3. The fraction of sp³-hybridized carbons (Fsp3) is 0.903. The van der Waals surface area contributed by atoms with Crippen LogP contribution in [-0.2, 0) is 33.6 Å². The van der Waals surface area contributed by atoms with Gasteiger partial charge in [-0.1, -0.05) is 219 Å². The Balaban J connectivity index is -0.000000312. The minimum absolute atomic E-state index is 0.00613. The second kappa shape index (κ2) is 40.7. The molecule has 4 amide bonds. The van der Waals surface area contributed by atoms with Gasteiger partial charge in [-0.15, -0.1) is 23.5 Å². The average Bonchev–Trinajstić information content (AvgIpc) is 3.60. The first-order valence-corrected chi connectivity index (χ1v) is 36.1. The van der Waals surface area contributed by atoms with E-state index in [1.807, 2.05) is 92.8 Å². The maximum atomic E-state index is 12.4. The molecule has 512 valence electrons. The molecule has 3 N–H and O–H groups in total. The monoisotopic (exact) mass is 1270 g/mol. The van der Waals surface area contributed by atoms with Gasteiger partial charge >= 0.3 is 5.97 Å². The quantitative estimate of drug-likeness (QED) is 0.0670. The van der Waals surface area contributed by atoms with Crippen LogP contribution in [0.15, 0.2) is 0 Å². The van der Waals surface area contributed by atoms with Crippen molar-refractivity contribution in [2.75, 3.05) is 17.8 Å². The molecule has 1 saturated heterocycles. The Morgan fingerprint density at radius 2 is 0.953 bits per heavy atom. The molecular formula is C72H143N3O8S3. The van der Waals surface area contributed by atoms with Crippen molar-refractivity contribution in [2.45, 2.75) is 362 Å². The first-order chi connectivity index (χ1) is 38.3. The molecule has 86 heavy (non-hydrogen) atoms. The van der Waals surface area contributed by atoms with Gasteiger partial charge < -0.3 is 15.7 Å². The van der Waals surface area contributed by atoms with Gasteiger partial charge in [0.15, 0.2) is 0 Å². The molecular weight excluding hydrogens is 1130 g/mol. The predicted octanol–water partition coefficient (Wildman–Crippen LogP) is 20.1. The number of rotatable bonds is 27. The maximum absolute atomic E-state index is 12.4. The minimum atomic E-state index is -0.911. The molecule has 0 aromatic heterocycles. The molecule has 1 rings (SSSR count). The summed E-state index contributed by atoms with van der Waals surface area (Å²) in [5.74, 6) is 1.02. The van der Waals surface area contributed by atoms with Crippen molar-refractivity contribution in [3.63, 3.8) is 0 Å². The zero-order valence-electron chi connectivity index (χ0n) is 62.9. The van der Waals surface area contributed by atoms with Crippen LogP contribution in [0.4, 0.5) is 0 Å². The van der Waals surface area contributed by atoms with Gasteiger partial charge in [-0.2, -0.15) is 11.8 Å². The molecule has 1 heterocycles. The Hall–Kier alpha value is -2.06. The van der Waals surface area contributed by atoms with Crippen LogP contribution in [-0.4, -0.2) is 99.8 Å². The molecule has 0 saturated carbocycles. The largest absolute Gasteiger partial charge is 0.481 e. The third-order valence-corrected chi connectivity index (χ3v) is 18.1. The lowest BCUT2D eigenvalue weighted by Gasteiger charge is -2.35. The van der Waals surface area contributed by atoms with Crippen LogP contribution < -0.4 is 10.6 Å². The number of aliphatic carboxylic acids is 1. The molecule has 1 aliphatic rings. The molecule has 2 unspecified atom stereocenters. The van der Waals surface area contributed by atoms with E-state index in [2.05, 4.69) is 176 Å². The Bertz CT molecular complexity index is 1970. The van der Waals surface area contributed by atoms with Crippen LogP contribution in [0.1, 0.15) is 331 Å². The van der Waals surface area contributed by atoms with Gasteiger partial charge in [-0.3, -0.25) is 38.5 Å². The molecule has 0 aromatic carbocycles. The van der Waals surface area contributed by atoms with Crippen molar-refractivity contribution in [3.05, 3.63) is 0 Å². The number of carbonyl (C=O) groups excluding carboxylic acids is 6. The fourth-order valence-electron chi connectivity index (χ4n) is 10.2. The van der Waals surface area contributed by atoms with Crippen LogP contribution in [0.3, 0.4) is 0 Å². The van der Waals surface area contributed by atoms with Gasteiger partial charge in [0.2, 0.25) is 23.6 Å². The van der Waals surface area contributed by atoms with Crippen molar-refractivity contribution in [1.82, 2.24) is 15.5 Å². The predicted molar refractivity (Wildman–Crippen MR) is 381 cm³/mol. The summed E-state index contributed by atoms with van der Waals surface area (Å²) in [5.41, 5.74) is -1.43. The third kappa shape index (κ3) is 46.9. The summed E-state index contributed by atoms with van der Waals surface area (Å²) in [6.07, 6.45) is 16.1. The van der Waals surface area contributed by atoms with E-state index in [-0.39, 0.29) is 88.5 Å². The summed E-state index contributed by atoms with van der Waals surface area (Å²) in [4.78, 5) is 84.9. The SMILES string of the molecule is CCCC(C)(C)C(=O)CCC(C)(C)SC(C)(C)C.CCCC(C)(C)C(=O)CSC(C)(C)C.CCCC(C)(C)N1C(=O)CC(C(C)(C)C)C1=O.CCCC(C)(C)NC(=O)CC(C(=O)O)C(C)(C)C.CCCC(C)(C)NC(=O)CC(C)(C)C.CCCSC. The number of hydrogen-bond acceptors (Lipinski definition) is 10. The Morgan fingerprint density at radius 3 is 1.26 bits per heavy atom. The maximum Gasteiger partial charge on any atom is 0.307 e. The molecule has 0 spiro atoms. The molecule has 0 radical (unpaired) electrons. The standard InChI is InChI=1S/C16H32OS.C14H27NO3.C14H25NO2.C12H25NO.C12H24OS.C4H10S/c1-9-11-15(5,6)13(17)10-12-16(7,8)18-14(2,3)4;1-7-8-14(5,6)15-11(16)9-10(12(17)18)13(2,3)4;1-7-8-14(5,6)15-11(16)9-10(12(15)17)13(2,3)4;1-7-8-12(5,6)13-10(14)9-11(2,3)4;1-7-8-12(5,6)10(13)9-14-11(2,3)4;1-3-4-5-2/h9-12H2,1-8H3;10H,7-9H2,1-6H3,(H,15,16)(H,17,18);10H,7-9H2,1-6H3;7-9H2,1-6H3,(H,13,14);7-9H2,1-6H3;3-4H2,1-2H3. The number of carboxylic acid groups (broad SMARTS) is 1. The van der Waals surface area contributed by atoms with Crippen LogP contribution >= 0.6 is 35.3 Å². The highest BCUT2D eigenvalue weighted by Gasteiger charge is 2.49. The van der Waals surface area contributed by atoms with Gasteiger partial charge in [0, 0.05) is 67.4 Å².